The lowest BCUT2D eigenvalue weighted by Gasteiger charge is -2.35. The van der Waals surface area contributed by atoms with Gasteiger partial charge in [0.15, 0.2) is 0 Å². The summed E-state index contributed by atoms with van der Waals surface area (Å²) in [6.07, 6.45) is 4.00. The van der Waals surface area contributed by atoms with Gasteiger partial charge in [0.25, 0.3) is 0 Å². The Hall–Kier alpha value is -1.35. The smallest absolute Gasteiger partial charge is 0.331 e. The monoisotopic (exact) mass is 275 g/mol. The quantitative estimate of drug-likeness (QED) is 0.677. The van der Waals surface area contributed by atoms with E-state index in [1.165, 1.54) is 5.56 Å². The van der Waals surface area contributed by atoms with E-state index in [4.69, 9.17) is 4.74 Å². The summed E-state index contributed by atoms with van der Waals surface area (Å²) >= 11 is 0. The Morgan fingerprint density at radius 2 is 2.10 bits per heavy atom. The van der Waals surface area contributed by atoms with E-state index in [-0.39, 0.29) is 12.0 Å². The summed E-state index contributed by atoms with van der Waals surface area (Å²) in [5, 5.41) is 3.50. The van der Waals surface area contributed by atoms with Crippen LogP contribution in [0.15, 0.2) is 24.3 Å². The summed E-state index contributed by atoms with van der Waals surface area (Å²) < 4.78 is 5.40. The predicted octanol–water partition coefficient (Wildman–Crippen LogP) is 3.17. The van der Waals surface area contributed by atoms with Crippen molar-refractivity contribution in [3.63, 3.8) is 0 Å². The van der Waals surface area contributed by atoms with Crippen LogP contribution in [0.5, 0.6) is 0 Å². The molecule has 0 saturated heterocycles. The summed E-state index contributed by atoms with van der Waals surface area (Å²) in [5.41, 5.74) is 1.69. The highest BCUT2D eigenvalue weighted by molar-refractivity contribution is 5.83. The van der Waals surface area contributed by atoms with Gasteiger partial charge < -0.3 is 4.74 Å². The van der Waals surface area contributed by atoms with Crippen LogP contribution < -0.4 is 5.32 Å². The molecule has 0 spiro atoms. The third kappa shape index (κ3) is 2.88. The molecule has 1 N–H and O–H groups in total. The van der Waals surface area contributed by atoms with Gasteiger partial charge in [-0.15, -0.1) is 0 Å². The fraction of sp³-hybridized carbons (Fsp3) is 0.588. The SMILES string of the molecule is CCOC(=O)C1(NC(C)C)CCCCc2ccccc21. The Bertz CT molecular complexity index is 470. The molecule has 0 fully saturated rings. The second-order valence-electron chi connectivity index (χ2n) is 5.79. The van der Waals surface area contributed by atoms with E-state index in [0.29, 0.717) is 6.61 Å². The van der Waals surface area contributed by atoms with Gasteiger partial charge >= 0.3 is 5.97 Å². The number of fused-ring (bicyclic) bond motifs is 1. The number of rotatable bonds is 4. The summed E-state index contributed by atoms with van der Waals surface area (Å²) in [6, 6.07) is 8.50. The Kier molecular flexibility index (Phi) is 4.81. The van der Waals surface area contributed by atoms with Crippen molar-refractivity contribution in [2.24, 2.45) is 0 Å². The first-order chi connectivity index (χ1) is 9.60. The second kappa shape index (κ2) is 6.40. The first-order valence-electron chi connectivity index (χ1n) is 7.63. The van der Waals surface area contributed by atoms with Gasteiger partial charge in [0.2, 0.25) is 0 Å². The molecule has 110 valence electrons. The number of esters is 1. The molecule has 0 saturated carbocycles. The Balaban J connectivity index is 2.51. The van der Waals surface area contributed by atoms with E-state index in [9.17, 15) is 4.79 Å². The molecule has 3 heteroatoms. The van der Waals surface area contributed by atoms with Crippen molar-refractivity contribution >= 4 is 5.97 Å². The van der Waals surface area contributed by atoms with Crippen molar-refractivity contribution in [2.45, 2.75) is 58.0 Å². The maximum absolute atomic E-state index is 12.7. The van der Waals surface area contributed by atoms with Gasteiger partial charge in [-0.2, -0.15) is 0 Å². The molecule has 1 aromatic rings. The molecule has 0 radical (unpaired) electrons. The van der Waals surface area contributed by atoms with E-state index >= 15 is 0 Å². The van der Waals surface area contributed by atoms with Gasteiger partial charge in [-0.3, -0.25) is 5.32 Å². The van der Waals surface area contributed by atoms with Crippen molar-refractivity contribution in [2.75, 3.05) is 6.61 Å². The number of nitrogens with one attached hydrogen (secondary N) is 1. The molecular formula is C17H25NO2. The van der Waals surface area contributed by atoms with Crippen LogP contribution in [-0.4, -0.2) is 18.6 Å². The number of hydrogen-bond acceptors (Lipinski definition) is 3. The first kappa shape index (κ1) is 15.0. The summed E-state index contributed by atoms with van der Waals surface area (Å²) in [5.74, 6) is -0.136. The molecule has 20 heavy (non-hydrogen) atoms. The maximum Gasteiger partial charge on any atom is 0.331 e. The Morgan fingerprint density at radius 3 is 2.80 bits per heavy atom. The lowest BCUT2D eigenvalue weighted by atomic mass is 9.83. The van der Waals surface area contributed by atoms with E-state index in [1.807, 2.05) is 13.0 Å². The van der Waals surface area contributed by atoms with Crippen molar-refractivity contribution in [3.05, 3.63) is 35.4 Å². The number of ether oxygens (including phenoxy) is 1. The van der Waals surface area contributed by atoms with E-state index in [2.05, 4.69) is 37.4 Å². The summed E-state index contributed by atoms with van der Waals surface area (Å²) in [4.78, 5) is 12.7. The normalized spacial score (nSPS) is 22.2. The zero-order valence-corrected chi connectivity index (χ0v) is 12.7. The van der Waals surface area contributed by atoms with E-state index < -0.39 is 5.54 Å². The minimum Gasteiger partial charge on any atom is -0.464 e. The number of aryl methyl sites for hydroxylation is 1. The third-order valence-corrected chi connectivity index (χ3v) is 3.88. The number of hydrogen-bond donors (Lipinski definition) is 1. The summed E-state index contributed by atoms with van der Waals surface area (Å²) in [6.45, 7) is 6.44. The largest absolute Gasteiger partial charge is 0.464 e. The number of benzene rings is 1. The highest BCUT2D eigenvalue weighted by Crippen LogP contribution is 2.35. The highest BCUT2D eigenvalue weighted by atomic mass is 16.5. The number of carbonyl (C=O) groups excluding carboxylic acids is 1. The molecule has 1 unspecified atom stereocenters. The van der Waals surface area contributed by atoms with E-state index in [1.54, 1.807) is 0 Å². The van der Waals surface area contributed by atoms with Gasteiger partial charge in [-0.25, -0.2) is 4.79 Å². The van der Waals surface area contributed by atoms with Gasteiger partial charge in [-0.1, -0.05) is 30.7 Å². The molecule has 0 bridgehead atoms. The second-order valence-corrected chi connectivity index (χ2v) is 5.79. The number of carbonyl (C=O) groups is 1. The highest BCUT2D eigenvalue weighted by Gasteiger charge is 2.43. The van der Waals surface area contributed by atoms with Gasteiger partial charge in [0.05, 0.1) is 6.61 Å². The van der Waals surface area contributed by atoms with Crippen LogP contribution in [0.4, 0.5) is 0 Å². The molecule has 1 atom stereocenters. The predicted molar refractivity (Wildman–Crippen MR) is 80.6 cm³/mol. The molecule has 0 amide bonds. The minimum atomic E-state index is -0.683. The van der Waals surface area contributed by atoms with Crippen LogP contribution in [0.2, 0.25) is 0 Å². The minimum absolute atomic E-state index is 0.136. The van der Waals surface area contributed by atoms with Crippen LogP contribution in [0.1, 0.15) is 51.2 Å². The summed E-state index contributed by atoms with van der Waals surface area (Å²) in [7, 11) is 0. The lowest BCUT2D eigenvalue weighted by Crippen LogP contribution is -2.53. The lowest BCUT2D eigenvalue weighted by molar-refractivity contribution is -0.152. The fourth-order valence-corrected chi connectivity index (χ4v) is 3.16. The molecule has 2 rings (SSSR count). The topological polar surface area (TPSA) is 38.3 Å². The average molecular weight is 275 g/mol. The Morgan fingerprint density at radius 1 is 1.35 bits per heavy atom. The standard InChI is InChI=1S/C17H25NO2/c1-4-20-16(19)17(18-13(2)3)12-8-7-10-14-9-5-6-11-15(14)17/h5-6,9,11,13,18H,4,7-8,10,12H2,1-3H3. The molecule has 1 aromatic carbocycles. The maximum atomic E-state index is 12.7. The van der Waals surface area contributed by atoms with Crippen LogP contribution in [-0.2, 0) is 21.5 Å². The molecule has 1 aliphatic rings. The van der Waals surface area contributed by atoms with Crippen LogP contribution in [0, 0.1) is 0 Å². The van der Waals surface area contributed by atoms with Crippen molar-refractivity contribution in [1.82, 2.24) is 5.32 Å². The van der Waals surface area contributed by atoms with Crippen LogP contribution in [0.3, 0.4) is 0 Å². The third-order valence-electron chi connectivity index (χ3n) is 3.88. The fourth-order valence-electron chi connectivity index (χ4n) is 3.16. The van der Waals surface area contributed by atoms with Crippen molar-refractivity contribution in [1.29, 1.82) is 0 Å². The van der Waals surface area contributed by atoms with Crippen molar-refractivity contribution < 1.29 is 9.53 Å². The molecule has 0 aromatic heterocycles. The van der Waals surface area contributed by atoms with Crippen LogP contribution in [0.25, 0.3) is 0 Å². The van der Waals surface area contributed by atoms with E-state index in [0.717, 1.165) is 31.2 Å². The van der Waals surface area contributed by atoms with Gasteiger partial charge in [-0.05, 0) is 51.2 Å². The van der Waals surface area contributed by atoms with Crippen LogP contribution >= 0.6 is 0 Å². The zero-order valence-electron chi connectivity index (χ0n) is 12.7. The molecule has 1 aliphatic carbocycles. The zero-order chi connectivity index (χ0) is 14.6. The molecule has 0 aliphatic heterocycles. The van der Waals surface area contributed by atoms with Gasteiger partial charge in [0, 0.05) is 6.04 Å². The Labute approximate surface area is 121 Å². The van der Waals surface area contributed by atoms with Crippen molar-refractivity contribution in [3.8, 4) is 0 Å². The first-order valence-corrected chi connectivity index (χ1v) is 7.63. The molecular weight excluding hydrogens is 250 g/mol. The molecule has 0 heterocycles. The average Bonchev–Trinajstić information content (AvgIpc) is 2.60. The van der Waals surface area contributed by atoms with Gasteiger partial charge in [0.1, 0.15) is 5.54 Å². The molecule has 3 nitrogen and oxygen atoms in total.